The summed E-state index contributed by atoms with van der Waals surface area (Å²) in [6.07, 6.45) is 1.45. The zero-order chi connectivity index (χ0) is 8.10. The van der Waals surface area contributed by atoms with Gasteiger partial charge in [0.15, 0.2) is 4.34 Å². The molecule has 1 amide bonds. The van der Waals surface area contributed by atoms with Crippen molar-refractivity contribution in [2.45, 2.75) is 4.34 Å². The minimum Gasteiger partial charge on any atom is -0.273 e. The van der Waals surface area contributed by atoms with Crippen molar-refractivity contribution in [3.63, 3.8) is 0 Å². The average Bonchev–Trinajstić information content (AvgIpc) is 2.52. The molecule has 7 heteroatoms. The highest BCUT2D eigenvalue weighted by Crippen LogP contribution is 2.17. The third kappa shape index (κ3) is 3.04. The van der Waals surface area contributed by atoms with E-state index in [1.807, 2.05) is 4.84 Å². The maximum absolute atomic E-state index is 10.6. The van der Waals surface area contributed by atoms with E-state index in [9.17, 15) is 4.79 Å². The molecule has 0 aliphatic carbocycles. The fourth-order valence-electron chi connectivity index (χ4n) is 0.381. The zero-order valence-electron chi connectivity index (χ0n) is 5.28. The van der Waals surface area contributed by atoms with Gasteiger partial charge < -0.3 is 0 Å². The number of thioether (sulfide) groups is 1. The molecule has 11 heavy (non-hydrogen) atoms. The molecular weight excluding hydrogens is 206 g/mol. The highest BCUT2D eigenvalue weighted by molar-refractivity contribution is 8.01. The van der Waals surface area contributed by atoms with E-state index in [0.717, 1.165) is 4.34 Å². The summed E-state index contributed by atoms with van der Waals surface area (Å²) < 4.78 is 4.54. The molecule has 0 bridgehead atoms. The minimum absolute atomic E-state index is 0.230. The molecular formula is C4H4ClN3OS2. The number of nitrogens with zero attached hydrogens (tertiary/aromatic N) is 2. The summed E-state index contributed by atoms with van der Waals surface area (Å²) in [7, 11) is 0. The SMILES string of the molecule is O=C(CSc1ncns1)NCl. The summed E-state index contributed by atoms with van der Waals surface area (Å²) in [4.78, 5) is 16.5. The number of aromatic nitrogens is 2. The van der Waals surface area contributed by atoms with Crippen LogP contribution in [-0.4, -0.2) is 21.0 Å². The van der Waals surface area contributed by atoms with Gasteiger partial charge in [-0.25, -0.2) is 4.98 Å². The Morgan fingerprint density at radius 1 is 1.91 bits per heavy atom. The minimum atomic E-state index is -0.230. The Morgan fingerprint density at radius 3 is 3.27 bits per heavy atom. The Labute approximate surface area is 76.6 Å². The molecule has 1 N–H and O–H groups in total. The monoisotopic (exact) mass is 209 g/mol. The third-order valence-corrected chi connectivity index (χ3v) is 2.78. The largest absolute Gasteiger partial charge is 0.273 e. The second-order valence-corrected chi connectivity index (χ2v) is 3.71. The third-order valence-electron chi connectivity index (χ3n) is 0.773. The lowest BCUT2D eigenvalue weighted by molar-refractivity contribution is -0.116. The van der Waals surface area contributed by atoms with Crippen molar-refractivity contribution in [1.29, 1.82) is 0 Å². The summed E-state index contributed by atoms with van der Waals surface area (Å²) in [5, 5.41) is 0. The van der Waals surface area contributed by atoms with Crippen molar-refractivity contribution in [2.75, 3.05) is 5.75 Å². The van der Waals surface area contributed by atoms with E-state index < -0.39 is 0 Å². The van der Waals surface area contributed by atoms with Crippen molar-refractivity contribution in [1.82, 2.24) is 14.2 Å². The lowest BCUT2D eigenvalue weighted by Crippen LogP contribution is -2.14. The zero-order valence-corrected chi connectivity index (χ0v) is 7.67. The van der Waals surface area contributed by atoms with E-state index in [2.05, 4.69) is 9.36 Å². The topological polar surface area (TPSA) is 54.9 Å². The van der Waals surface area contributed by atoms with Gasteiger partial charge in [0, 0.05) is 11.8 Å². The van der Waals surface area contributed by atoms with Crippen LogP contribution in [0, 0.1) is 0 Å². The Bertz CT molecular complexity index is 227. The van der Waals surface area contributed by atoms with E-state index in [-0.39, 0.29) is 11.7 Å². The first kappa shape index (κ1) is 8.76. The van der Waals surface area contributed by atoms with Gasteiger partial charge in [0.05, 0.1) is 5.75 Å². The molecule has 0 aliphatic rings. The second-order valence-electron chi connectivity index (χ2n) is 1.51. The van der Waals surface area contributed by atoms with Crippen LogP contribution in [0.3, 0.4) is 0 Å². The van der Waals surface area contributed by atoms with Crippen molar-refractivity contribution in [2.24, 2.45) is 0 Å². The number of hydrogen-bond acceptors (Lipinski definition) is 5. The van der Waals surface area contributed by atoms with Gasteiger partial charge in [0.1, 0.15) is 6.33 Å². The number of hydrogen-bond donors (Lipinski definition) is 1. The van der Waals surface area contributed by atoms with Crippen LogP contribution in [0.4, 0.5) is 0 Å². The van der Waals surface area contributed by atoms with E-state index in [1.165, 1.54) is 29.6 Å². The highest BCUT2D eigenvalue weighted by atomic mass is 35.5. The molecule has 1 aromatic heterocycles. The molecule has 60 valence electrons. The van der Waals surface area contributed by atoms with Crippen molar-refractivity contribution >= 4 is 41.0 Å². The summed E-state index contributed by atoms with van der Waals surface area (Å²) in [6.45, 7) is 0. The summed E-state index contributed by atoms with van der Waals surface area (Å²) >= 11 is 7.61. The van der Waals surface area contributed by atoms with Gasteiger partial charge in [-0.1, -0.05) is 11.8 Å². The van der Waals surface area contributed by atoms with E-state index >= 15 is 0 Å². The maximum atomic E-state index is 10.6. The van der Waals surface area contributed by atoms with Crippen LogP contribution < -0.4 is 4.84 Å². The summed E-state index contributed by atoms with van der Waals surface area (Å²) in [5.74, 6) is 0.0467. The second kappa shape index (κ2) is 4.53. The fourth-order valence-corrected chi connectivity index (χ4v) is 1.77. The fraction of sp³-hybridized carbons (Fsp3) is 0.250. The Morgan fingerprint density at radius 2 is 2.73 bits per heavy atom. The molecule has 0 saturated carbocycles. The van der Waals surface area contributed by atoms with E-state index in [4.69, 9.17) is 11.8 Å². The lowest BCUT2D eigenvalue weighted by Gasteiger charge is -1.92. The lowest BCUT2D eigenvalue weighted by atomic mass is 10.8. The number of amides is 1. The average molecular weight is 210 g/mol. The molecule has 0 saturated heterocycles. The molecule has 0 aliphatic heterocycles. The van der Waals surface area contributed by atoms with Crippen LogP contribution in [0.15, 0.2) is 10.7 Å². The first-order valence-corrected chi connectivity index (χ1v) is 4.75. The van der Waals surface area contributed by atoms with Crippen molar-refractivity contribution in [3.05, 3.63) is 6.33 Å². The molecule has 0 fully saturated rings. The standard InChI is InChI=1S/C4H4ClN3OS2/c5-8-3(9)1-10-4-6-2-7-11-4/h2H,1H2,(H,8,9). The molecule has 0 radical (unpaired) electrons. The van der Waals surface area contributed by atoms with Crippen molar-refractivity contribution in [3.8, 4) is 0 Å². The quantitative estimate of drug-likeness (QED) is 0.594. The molecule has 1 rings (SSSR count). The predicted molar refractivity (Wildman–Crippen MR) is 44.6 cm³/mol. The van der Waals surface area contributed by atoms with Crippen LogP contribution in [0.2, 0.25) is 0 Å². The number of halogens is 1. The van der Waals surface area contributed by atoms with Gasteiger partial charge in [0.25, 0.3) is 0 Å². The summed E-state index contributed by atoms with van der Waals surface area (Å²) in [6, 6.07) is 0. The van der Waals surface area contributed by atoms with Crippen LogP contribution in [0.5, 0.6) is 0 Å². The van der Waals surface area contributed by atoms with Gasteiger partial charge in [0.2, 0.25) is 5.91 Å². The highest BCUT2D eigenvalue weighted by Gasteiger charge is 2.02. The van der Waals surface area contributed by atoms with Gasteiger partial charge in [-0.15, -0.1) is 0 Å². The van der Waals surface area contributed by atoms with Crippen LogP contribution in [-0.2, 0) is 4.79 Å². The van der Waals surface area contributed by atoms with E-state index in [1.54, 1.807) is 0 Å². The molecule has 0 spiro atoms. The predicted octanol–water partition coefficient (Wildman–Crippen LogP) is 0.900. The summed E-state index contributed by atoms with van der Waals surface area (Å²) in [5.41, 5.74) is 0. The molecule has 4 nitrogen and oxygen atoms in total. The maximum Gasteiger partial charge on any atom is 0.244 e. The first-order valence-electron chi connectivity index (χ1n) is 2.62. The smallest absolute Gasteiger partial charge is 0.244 e. The molecule has 0 atom stereocenters. The van der Waals surface area contributed by atoms with Crippen LogP contribution in [0.1, 0.15) is 0 Å². The Hall–Kier alpha value is -0.330. The molecule has 1 heterocycles. The van der Waals surface area contributed by atoms with Gasteiger partial charge in [-0.3, -0.25) is 9.63 Å². The number of rotatable bonds is 3. The van der Waals surface area contributed by atoms with Gasteiger partial charge in [-0.2, -0.15) is 4.37 Å². The van der Waals surface area contributed by atoms with E-state index in [0.29, 0.717) is 0 Å². The number of carbonyl (C=O) groups excluding carboxylic acids is 1. The Balaban J connectivity index is 2.29. The Kier molecular flexibility index (Phi) is 3.61. The normalized spacial score (nSPS) is 9.55. The molecule has 1 aromatic rings. The van der Waals surface area contributed by atoms with Gasteiger partial charge >= 0.3 is 0 Å². The van der Waals surface area contributed by atoms with Gasteiger partial charge in [-0.05, 0) is 11.5 Å². The van der Waals surface area contributed by atoms with Crippen LogP contribution in [0.25, 0.3) is 0 Å². The molecule has 0 unspecified atom stereocenters. The van der Waals surface area contributed by atoms with Crippen molar-refractivity contribution < 1.29 is 4.79 Å². The number of nitrogens with one attached hydrogen (secondary N) is 1. The number of carbonyl (C=O) groups is 1. The van der Waals surface area contributed by atoms with Crippen LogP contribution >= 0.6 is 35.1 Å². The first-order chi connectivity index (χ1) is 5.33. The molecule has 0 aromatic carbocycles.